The van der Waals surface area contributed by atoms with E-state index in [-0.39, 0.29) is 23.6 Å². The van der Waals surface area contributed by atoms with Gasteiger partial charge in [-0.2, -0.15) is 10.2 Å². The van der Waals surface area contributed by atoms with Crippen LogP contribution in [0.5, 0.6) is 0 Å². The molecule has 0 saturated heterocycles. The molecule has 0 aliphatic rings. The van der Waals surface area contributed by atoms with Crippen molar-refractivity contribution in [3.63, 3.8) is 0 Å². The summed E-state index contributed by atoms with van der Waals surface area (Å²) >= 11 is 0. The molecule has 1 unspecified atom stereocenters. The molecule has 1 N–H and O–H groups in total. The van der Waals surface area contributed by atoms with Crippen LogP contribution in [0.4, 0.5) is 0 Å². The smallest absolute Gasteiger partial charge is 0.267 e. The number of nitriles is 1. The van der Waals surface area contributed by atoms with Gasteiger partial charge in [0.05, 0.1) is 24.3 Å². The first-order chi connectivity index (χ1) is 14.0. The second-order valence-corrected chi connectivity index (χ2v) is 6.84. The van der Waals surface area contributed by atoms with E-state index < -0.39 is 6.04 Å². The number of carbonyl (C=O) groups excluding carboxylic acids is 1. The van der Waals surface area contributed by atoms with Gasteiger partial charge in [0, 0.05) is 12.8 Å². The van der Waals surface area contributed by atoms with E-state index in [1.807, 2.05) is 43.3 Å². The first-order valence-corrected chi connectivity index (χ1v) is 9.62. The minimum atomic E-state index is -0.462. The van der Waals surface area contributed by atoms with Crippen LogP contribution in [0.3, 0.4) is 0 Å². The number of carbonyl (C=O) groups is 1. The molecule has 0 spiro atoms. The van der Waals surface area contributed by atoms with E-state index >= 15 is 0 Å². The summed E-state index contributed by atoms with van der Waals surface area (Å²) < 4.78 is 6.81. The number of nitrogens with zero attached hydrogens (tertiary/aromatic N) is 4. The van der Waals surface area contributed by atoms with Gasteiger partial charge in [-0.3, -0.25) is 14.2 Å². The van der Waals surface area contributed by atoms with Crippen LogP contribution in [-0.2, 0) is 11.3 Å². The zero-order valence-electron chi connectivity index (χ0n) is 16.5. The molecule has 150 valence electrons. The van der Waals surface area contributed by atoms with Crippen molar-refractivity contribution in [3.05, 3.63) is 57.8 Å². The SMILES string of the molecule is CCC(NC(=O)CCCC#N)c1nc2onc(C)c2c(=O)n1Cc1ccccc1. The number of nitrogens with one attached hydrogen (secondary N) is 1. The van der Waals surface area contributed by atoms with Gasteiger partial charge in [0.15, 0.2) is 0 Å². The molecule has 2 heterocycles. The van der Waals surface area contributed by atoms with Crippen molar-refractivity contribution in [1.29, 1.82) is 5.26 Å². The van der Waals surface area contributed by atoms with E-state index in [9.17, 15) is 9.59 Å². The highest BCUT2D eigenvalue weighted by Crippen LogP contribution is 2.20. The number of aromatic nitrogens is 3. The Bertz CT molecular complexity index is 1100. The van der Waals surface area contributed by atoms with Crippen molar-refractivity contribution in [2.45, 2.75) is 52.1 Å². The number of hydrogen-bond donors (Lipinski definition) is 1. The molecule has 0 bridgehead atoms. The number of unbranched alkanes of at least 4 members (excludes halogenated alkanes) is 1. The van der Waals surface area contributed by atoms with Crippen molar-refractivity contribution in [3.8, 4) is 6.07 Å². The third kappa shape index (κ3) is 4.51. The monoisotopic (exact) mass is 393 g/mol. The van der Waals surface area contributed by atoms with Gasteiger partial charge in [0.2, 0.25) is 5.91 Å². The highest BCUT2D eigenvalue weighted by Gasteiger charge is 2.23. The Morgan fingerprint density at radius 2 is 2.10 bits per heavy atom. The van der Waals surface area contributed by atoms with Crippen LogP contribution in [0, 0.1) is 18.3 Å². The lowest BCUT2D eigenvalue weighted by molar-refractivity contribution is -0.122. The van der Waals surface area contributed by atoms with E-state index in [0.29, 0.717) is 42.7 Å². The number of aryl methyl sites for hydroxylation is 1. The summed E-state index contributed by atoms with van der Waals surface area (Å²) in [5.41, 5.74) is 1.36. The molecule has 0 aliphatic heterocycles. The molecule has 0 fully saturated rings. The van der Waals surface area contributed by atoms with Gasteiger partial charge in [0.1, 0.15) is 11.2 Å². The number of rotatable bonds is 8. The Morgan fingerprint density at radius 3 is 2.79 bits per heavy atom. The Morgan fingerprint density at radius 1 is 1.34 bits per heavy atom. The third-order valence-corrected chi connectivity index (χ3v) is 4.73. The van der Waals surface area contributed by atoms with Crippen LogP contribution < -0.4 is 10.9 Å². The van der Waals surface area contributed by atoms with Crippen LogP contribution >= 0.6 is 0 Å². The lowest BCUT2D eigenvalue weighted by atomic mass is 10.1. The van der Waals surface area contributed by atoms with Crippen LogP contribution in [0.2, 0.25) is 0 Å². The van der Waals surface area contributed by atoms with Gasteiger partial charge in [-0.05, 0) is 25.3 Å². The van der Waals surface area contributed by atoms with Crippen molar-refractivity contribution in [2.75, 3.05) is 0 Å². The molecule has 8 nitrogen and oxygen atoms in total. The summed E-state index contributed by atoms with van der Waals surface area (Å²) in [5.74, 6) is 0.250. The molecule has 0 saturated carbocycles. The Kier molecular flexibility index (Phi) is 6.39. The zero-order valence-corrected chi connectivity index (χ0v) is 16.5. The first kappa shape index (κ1) is 20.3. The van der Waals surface area contributed by atoms with Gasteiger partial charge in [-0.25, -0.2) is 0 Å². The lowest BCUT2D eigenvalue weighted by Gasteiger charge is -2.21. The van der Waals surface area contributed by atoms with Crippen LogP contribution in [-0.4, -0.2) is 20.6 Å². The van der Waals surface area contributed by atoms with Crippen molar-refractivity contribution in [1.82, 2.24) is 20.0 Å². The Hall–Kier alpha value is -3.47. The summed E-state index contributed by atoms with van der Waals surface area (Å²) in [6, 6.07) is 11.2. The molecule has 8 heteroatoms. The van der Waals surface area contributed by atoms with Gasteiger partial charge in [-0.15, -0.1) is 0 Å². The average molecular weight is 393 g/mol. The number of amides is 1. The van der Waals surface area contributed by atoms with Gasteiger partial charge in [0.25, 0.3) is 11.3 Å². The third-order valence-electron chi connectivity index (χ3n) is 4.73. The Labute approximate surface area is 168 Å². The van der Waals surface area contributed by atoms with Crippen molar-refractivity contribution < 1.29 is 9.32 Å². The molecule has 29 heavy (non-hydrogen) atoms. The fourth-order valence-corrected chi connectivity index (χ4v) is 3.21. The van der Waals surface area contributed by atoms with Gasteiger partial charge >= 0.3 is 0 Å². The van der Waals surface area contributed by atoms with Crippen molar-refractivity contribution in [2.24, 2.45) is 0 Å². The molecule has 2 aromatic heterocycles. The first-order valence-electron chi connectivity index (χ1n) is 9.62. The molecule has 1 amide bonds. The van der Waals surface area contributed by atoms with E-state index in [1.54, 1.807) is 11.5 Å². The van der Waals surface area contributed by atoms with Crippen LogP contribution in [0.25, 0.3) is 11.1 Å². The normalized spacial score (nSPS) is 11.9. The number of fused-ring (bicyclic) bond motifs is 1. The maximum atomic E-state index is 13.2. The van der Waals surface area contributed by atoms with E-state index in [4.69, 9.17) is 9.78 Å². The molecule has 3 rings (SSSR count). The number of hydrogen-bond acceptors (Lipinski definition) is 6. The fourth-order valence-electron chi connectivity index (χ4n) is 3.21. The van der Waals surface area contributed by atoms with Gasteiger partial charge in [-0.1, -0.05) is 42.4 Å². The summed E-state index contributed by atoms with van der Waals surface area (Å²) in [5, 5.41) is 15.8. The molecule has 1 atom stereocenters. The molecular formula is C21H23N5O3. The molecule has 0 aliphatic carbocycles. The van der Waals surface area contributed by atoms with E-state index in [1.165, 1.54) is 0 Å². The Balaban J connectivity index is 2.02. The molecule has 1 aromatic carbocycles. The average Bonchev–Trinajstić information content (AvgIpc) is 3.10. The minimum absolute atomic E-state index is 0.170. The lowest BCUT2D eigenvalue weighted by Crippen LogP contribution is -2.35. The van der Waals surface area contributed by atoms with Gasteiger partial charge < -0.3 is 9.84 Å². The second kappa shape index (κ2) is 9.15. The predicted octanol–water partition coefficient (Wildman–Crippen LogP) is 3.00. The summed E-state index contributed by atoms with van der Waals surface area (Å²) in [6.45, 7) is 3.94. The van der Waals surface area contributed by atoms with E-state index in [2.05, 4.69) is 15.5 Å². The van der Waals surface area contributed by atoms with Crippen molar-refractivity contribution >= 4 is 17.0 Å². The predicted molar refractivity (Wildman–Crippen MR) is 107 cm³/mol. The molecule has 0 radical (unpaired) electrons. The highest BCUT2D eigenvalue weighted by atomic mass is 16.5. The maximum absolute atomic E-state index is 13.2. The quantitative estimate of drug-likeness (QED) is 0.589. The molecule has 3 aromatic rings. The highest BCUT2D eigenvalue weighted by molar-refractivity contribution is 5.77. The minimum Gasteiger partial charge on any atom is -0.346 e. The summed E-state index contributed by atoms with van der Waals surface area (Å²) in [7, 11) is 0. The standard InChI is InChI=1S/C21H23N5O3/c1-3-16(23-17(27)11-7-8-12-22)19-24-20-18(14(2)25-29-20)21(28)26(19)13-15-9-5-4-6-10-15/h4-6,9-10,16H,3,7-8,11,13H2,1-2H3,(H,23,27). The zero-order chi connectivity index (χ0) is 20.8. The second-order valence-electron chi connectivity index (χ2n) is 6.84. The molecular weight excluding hydrogens is 370 g/mol. The summed E-state index contributed by atoms with van der Waals surface area (Å²) in [6.07, 6.45) is 1.61. The van der Waals surface area contributed by atoms with Crippen LogP contribution in [0.1, 0.15) is 55.7 Å². The maximum Gasteiger partial charge on any atom is 0.267 e. The largest absolute Gasteiger partial charge is 0.346 e. The topological polar surface area (TPSA) is 114 Å². The van der Waals surface area contributed by atoms with Crippen LogP contribution in [0.15, 0.2) is 39.6 Å². The number of benzene rings is 1. The van der Waals surface area contributed by atoms with E-state index in [0.717, 1.165) is 5.56 Å². The fraction of sp³-hybridized carbons (Fsp3) is 0.381. The summed E-state index contributed by atoms with van der Waals surface area (Å²) in [4.78, 5) is 30.1.